The molecule has 0 bridgehead atoms. The van der Waals surface area contributed by atoms with Crippen LogP contribution in [-0.4, -0.2) is 18.5 Å². The largest absolute Gasteiger partial charge is 0.467 e. The highest BCUT2D eigenvalue weighted by molar-refractivity contribution is 6.42. The highest BCUT2D eigenvalue weighted by atomic mass is 35.5. The van der Waals surface area contributed by atoms with Gasteiger partial charge in [0.05, 0.1) is 28.4 Å². The van der Waals surface area contributed by atoms with Gasteiger partial charge in [0.15, 0.2) is 6.61 Å². The summed E-state index contributed by atoms with van der Waals surface area (Å²) < 4.78 is 9.92. The Labute approximate surface area is 130 Å². The summed E-state index contributed by atoms with van der Waals surface area (Å²) in [6.45, 7) is -0.157. The van der Waals surface area contributed by atoms with E-state index < -0.39 is 11.9 Å². The van der Waals surface area contributed by atoms with Crippen molar-refractivity contribution in [1.29, 1.82) is 0 Å². The molecule has 2 aromatic rings. The summed E-state index contributed by atoms with van der Waals surface area (Å²) in [6.07, 6.45) is 1.51. The van der Waals surface area contributed by atoms with Crippen molar-refractivity contribution in [1.82, 2.24) is 5.32 Å². The Morgan fingerprint density at radius 1 is 1.19 bits per heavy atom. The minimum Gasteiger partial charge on any atom is -0.467 e. The second kappa shape index (κ2) is 7.15. The molecule has 1 aromatic heterocycles. The molecule has 5 nitrogen and oxygen atoms in total. The summed E-state index contributed by atoms with van der Waals surface area (Å²) >= 11 is 11.5. The van der Waals surface area contributed by atoms with Crippen LogP contribution in [0.4, 0.5) is 0 Å². The number of esters is 1. The van der Waals surface area contributed by atoms with Gasteiger partial charge in [0.25, 0.3) is 5.91 Å². The van der Waals surface area contributed by atoms with Gasteiger partial charge in [-0.2, -0.15) is 0 Å². The highest BCUT2D eigenvalue weighted by Gasteiger charge is 2.12. The number of benzene rings is 1. The van der Waals surface area contributed by atoms with Crippen LogP contribution < -0.4 is 5.32 Å². The highest BCUT2D eigenvalue weighted by Crippen LogP contribution is 2.22. The van der Waals surface area contributed by atoms with E-state index in [0.29, 0.717) is 10.8 Å². The maximum atomic E-state index is 11.7. The molecule has 0 radical (unpaired) electrons. The normalized spacial score (nSPS) is 10.2. The quantitative estimate of drug-likeness (QED) is 0.857. The van der Waals surface area contributed by atoms with E-state index in [0.717, 1.165) is 0 Å². The van der Waals surface area contributed by atoms with Gasteiger partial charge < -0.3 is 14.5 Å². The van der Waals surface area contributed by atoms with Crippen molar-refractivity contribution in [2.24, 2.45) is 0 Å². The SMILES string of the molecule is O=C(COC(=O)c1ccc(Cl)c(Cl)c1)NCc1ccco1. The van der Waals surface area contributed by atoms with E-state index in [1.165, 1.54) is 24.5 Å². The fraction of sp³-hybridized carbons (Fsp3) is 0.143. The maximum Gasteiger partial charge on any atom is 0.338 e. The van der Waals surface area contributed by atoms with Crippen LogP contribution in [0, 0.1) is 0 Å². The zero-order valence-electron chi connectivity index (χ0n) is 10.8. The van der Waals surface area contributed by atoms with Crippen LogP contribution in [0.5, 0.6) is 0 Å². The lowest BCUT2D eigenvalue weighted by Crippen LogP contribution is -2.28. The molecule has 0 aliphatic heterocycles. The molecule has 0 aliphatic rings. The fourth-order valence-corrected chi connectivity index (χ4v) is 1.79. The summed E-state index contributed by atoms with van der Waals surface area (Å²) in [5.41, 5.74) is 0.225. The number of amides is 1. The molecule has 0 saturated heterocycles. The Balaban J connectivity index is 1.80. The first-order valence-electron chi connectivity index (χ1n) is 5.97. The molecule has 0 atom stereocenters. The first-order chi connectivity index (χ1) is 10.1. The van der Waals surface area contributed by atoms with Crippen molar-refractivity contribution in [2.75, 3.05) is 6.61 Å². The zero-order chi connectivity index (χ0) is 15.2. The first-order valence-corrected chi connectivity index (χ1v) is 6.73. The summed E-state index contributed by atoms with van der Waals surface area (Å²) in [5, 5.41) is 3.14. The van der Waals surface area contributed by atoms with Crippen LogP contribution in [0.25, 0.3) is 0 Å². The van der Waals surface area contributed by atoms with E-state index in [1.54, 1.807) is 12.1 Å². The smallest absolute Gasteiger partial charge is 0.338 e. The molecule has 1 N–H and O–H groups in total. The molecule has 0 spiro atoms. The van der Waals surface area contributed by atoms with E-state index in [9.17, 15) is 9.59 Å². The van der Waals surface area contributed by atoms with E-state index in [-0.39, 0.29) is 23.7 Å². The molecule has 21 heavy (non-hydrogen) atoms. The number of halogens is 2. The summed E-state index contributed by atoms with van der Waals surface area (Å²) in [5.74, 6) is -0.472. The predicted molar refractivity (Wildman–Crippen MR) is 77.3 cm³/mol. The van der Waals surface area contributed by atoms with Gasteiger partial charge in [0.1, 0.15) is 5.76 Å². The maximum absolute atomic E-state index is 11.7. The average Bonchev–Trinajstić information content (AvgIpc) is 2.98. The van der Waals surface area contributed by atoms with Crippen molar-refractivity contribution in [2.45, 2.75) is 6.54 Å². The summed E-state index contributed by atoms with van der Waals surface area (Å²) in [6, 6.07) is 7.77. The average molecular weight is 328 g/mol. The summed E-state index contributed by atoms with van der Waals surface area (Å²) in [7, 11) is 0. The van der Waals surface area contributed by atoms with Gasteiger partial charge in [-0.3, -0.25) is 4.79 Å². The monoisotopic (exact) mass is 327 g/mol. The van der Waals surface area contributed by atoms with Crippen molar-refractivity contribution in [3.8, 4) is 0 Å². The molecule has 7 heteroatoms. The van der Waals surface area contributed by atoms with E-state index >= 15 is 0 Å². The molecule has 1 aromatic carbocycles. The van der Waals surface area contributed by atoms with Gasteiger partial charge in [-0.1, -0.05) is 23.2 Å². The molecule has 2 rings (SSSR count). The van der Waals surface area contributed by atoms with Crippen LogP contribution >= 0.6 is 23.2 Å². The van der Waals surface area contributed by atoms with Gasteiger partial charge >= 0.3 is 5.97 Å². The van der Waals surface area contributed by atoms with Gasteiger partial charge in [0, 0.05) is 0 Å². The van der Waals surface area contributed by atoms with E-state index in [4.69, 9.17) is 32.4 Å². The standard InChI is InChI=1S/C14H11Cl2NO4/c15-11-4-3-9(6-12(11)16)14(19)21-8-13(18)17-7-10-2-1-5-20-10/h1-6H,7-8H2,(H,17,18). The second-order valence-electron chi connectivity index (χ2n) is 4.06. The molecule has 0 saturated carbocycles. The van der Waals surface area contributed by atoms with Crippen LogP contribution in [0.1, 0.15) is 16.1 Å². The van der Waals surface area contributed by atoms with E-state index in [2.05, 4.69) is 5.32 Å². The number of furan rings is 1. The Hall–Kier alpha value is -1.98. The van der Waals surface area contributed by atoms with Crippen molar-refractivity contribution in [3.05, 3.63) is 58.0 Å². The number of rotatable bonds is 5. The lowest BCUT2D eigenvalue weighted by atomic mass is 10.2. The number of nitrogens with one attached hydrogen (secondary N) is 1. The Morgan fingerprint density at radius 2 is 2.00 bits per heavy atom. The Bertz CT molecular complexity index is 640. The minimum absolute atomic E-state index is 0.225. The van der Waals surface area contributed by atoms with Crippen molar-refractivity contribution in [3.63, 3.8) is 0 Å². The van der Waals surface area contributed by atoms with Crippen molar-refractivity contribution >= 4 is 35.1 Å². The Morgan fingerprint density at radius 3 is 2.67 bits per heavy atom. The van der Waals surface area contributed by atoms with Crippen LogP contribution in [0.2, 0.25) is 10.0 Å². The molecular formula is C14H11Cl2NO4. The van der Waals surface area contributed by atoms with E-state index in [1.807, 2.05) is 0 Å². The topological polar surface area (TPSA) is 68.5 Å². The molecular weight excluding hydrogens is 317 g/mol. The molecule has 0 aliphatic carbocycles. The molecule has 0 unspecified atom stereocenters. The summed E-state index contributed by atoms with van der Waals surface area (Å²) in [4.78, 5) is 23.2. The number of hydrogen-bond acceptors (Lipinski definition) is 4. The third-order valence-corrected chi connectivity index (χ3v) is 3.27. The Kier molecular flexibility index (Phi) is 5.25. The molecule has 1 amide bonds. The first kappa shape index (κ1) is 15.4. The lowest BCUT2D eigenvalue weighted by molar-refractivity contribution is -0.124. The molecule has 1 heterocycles. The number of carbonyl (C=O) groups excluding carboxylic acids is 2. The predicted octanol–water partition coefficient (Wildman–Crippen LogP) is 3.06. The minimum atomic E-state index is -0.651. The van der Waals surface area contributed by atoms with Gasteiger partial charge in [-0.15, -0.1) is 0 Å². The van der Waals surface area contributed by atoms with Crippen LogP contribution in [-0.2, 0) is 16.1 Å². The van der Waals surface area contributed by atoms with Crippen molar-refractivity contribution < 1.29 is 18.7 Å². The molecule has 110 valence electrons. The third-order valence-electron chi connectivity index (χ3n) is 2.53. The van der Waals surface area contributed by atoms with Crippen LogP contribution in [0.15, 0.2) is 41.0 Å². The number of hydrogen-bond donors (Lipinski definition) is 1. The molecule has 0 fully saturated rings. The second-order valence-corrected chi connectivity index (χ2v) is 4.88. The van der Waals surface area contributed by atoms with Gasteiger partial charge in [0.2, 0.25) is 0 Å². The zero-order valence-corrected chi connectivity index (χ0v) is 12.3. The fourth-order valence-electron chi connectivity index (χ4n) is 1.49. The third kappa shape index (κ3) is 4.51. The van der Waals surface area contributed by atoms with Gasteiger partial charge in [-0.25, -0.2) is 4.79 Å². The number of carbonyl (C=O) groups is 2. The van der Waals surface area contributed by atoms with Crippen LogP contribution in [0.3, 0.4) is 0 Å². The van der Waals surface area contributed by atoms with Gasteiger partial charge in [-0.05, 0) is 30.3 Å². The number of ether oxygens (including phenoxy) is 1. The lowest BCUT2D eigenvalue weighted by Gasteiger charge is -2.06.